The molecule has 7 heteroatoms. The molecule has 0 N–H and O–H groups in total. The Balaban J connectivity index is 1.52. The molecule has 1 aliphatic carbocycles. The number of Topliss-reactive ketones (excluding diaryl/α,β-unsaturated/α-hetero) is 2. The number of unbranched alkanes of at least 4 members (excludes halogenated alkanes) is 48. The van der Waals surface area contributed by atoms with Crippen molar-refractivity contribution in [1.82, 2.24) is 9.97 Å². The van der Waals surface area contributed by atoms with E-state index in [9.17, 15) is 9.59 Å². The molecule has 0 spiro atoms. The number of hydrogen-bond donors (Lipinski definition) is 0. The van der Waals surface area contributed by atoms with E-state index in [1.165, 1.54) is 327 Å². The van der Waals surface area contributed by atoms with Crippen LogP contribution in [0.5, 0.6) is 0 Å². The molecule has 0 radical (unpaired) electrons. The van der Waals surface area contributed by atoms with Crippen molar-refractivity contribution in [2.24, 2.45) is 0 Å². The summed E-state index contributed by atoms with van der Waals surface area (Å²) in [7, 11) is 0. The van der Waals surface area contributed by atoms with Crippen molar-refractivity contribution >= 4 is 39.8 Å². The Labute approximate surface area is 494 Å². The predicted octanol–water partition coefficient (Wildman–Crippen LogP) is 23.4. The van der Waals surface area contributed by atoms with Gasteiger partial charge in [-0.1, -0.05) is 323 Å². The zero-order valence-corrected chi connectivity index (χ0v) is 53.8. The summed E-state index contributed by atoms with van der Waals surface area (Å²) < 4.78 is 2.42. The lowest BCUT2D eigenvalue weighted by molar-refractivity contribution is -0.438. The Morgan fingerprint density at radius 1 is 0.392 bits per heavy atom. The van der Waals surface area contributed by atoms with E-state index >= 15 is 0 Å². The third kappa shape index (κ3) is 34.7. The lowest BCUT2D eigenvalue weighted by Crippen LogP contribution is -2.44. The summed E-state index contributed by atoms with van der Waals surface area (Å²) in [5.74, 6) is -1.60. The molecule has 0 unspecified atom stereocenters. The predicted molar refractivity (Wildman–Crippen MR) is 348 cm³/mol. The largest absolute Gasteiger partial charge is 0.362 e. The quantitative estimate of drug-likeness (QED) is 0.0286. The summed E-state index contributed by atoms with van der Waals surface area (Å²) in [6.45, 7) is 12.2. The molecule has 1 fully saturated rings. The molecule has 0 aliphatic heterocycles. The summed E-state index contributed by atoms with van der Waals surface area (Å²) in [5.41, 5.74) is 1.68. The van der Waals surface area contributed by atoms with Crippen LogP contribution >= 0.6 is 11.3 Å². The SMILES string of the molecule is CCCCCCCCCCCCCCCC=[N+](CCCCCCCCCCCCCCCC)c1ccc(C2C(=O)C(c3ncc(N(CCCCCCCCCCCCCC)CCCCCCCCCCCCCC)s3)C2=O)nc1. The Morgan fingerprint density at radius 3 is 1.06 bits per heavy atom. The standard InChI is InChI=1S/C72H129N4O2S/c1-5-9-13-17-21-25-29-33-35-39-41-45-49-53-59-75(60-54-50-46-42-40-36-34-30-26-22-18-14-10-6-2)65-57-58-66(73-63-65)68-70(77)69(71(68)78)72-74-64-67(79-72)76(61-55-51-47-43-37-31-27-23-19-15-11-7-3)62-56-52-48-44-38-32-28-24-20-16-12-8-4/h57-59,63-64,68-69H,5-56,60-62H2,1-4H3/q+1. The van der Waals surface area contributed by atoms with Crippen LogP contribution < -0.4 is 4.90 Å². The molecular weight excluding hydrogens is 985 g/mol. The average molecular weight is 1110 g/mol. The molecule has 3 rings (SSSR count). The Bertz CT molecular complexity index is 1680. The maximum atomic E-state index is 14.0. The van der Waals surface area contributed by atoms with Gasteiger partial charge in [0.2, 0.25) is 5.69 Å². The summed E-state index contributed by atoms with van der Waals surface area (Å²) in [6.07, 6.45) is 76.7. The van der Waals surface area contributed by atoms with Crippen LogP contribution in [-0.2, 0) is 9.59 Å². The molecule has 0 amide bonds. The fraction of sp³-hybridized carbons (Fsp3) is 0.847. The van der Waals surface area contributed by atoms with Gasteiger partial charge in [-0.15, -0.1) is 11.3 Å². The van der Waals surface area contributed by atoms with Gasteiger partial charge in [0.25, 0.3) is 0 Å². The first-order valence-corrected chi connectivity index (χ1v) is 36.2. The van der Waals surface area contributed by atoms with Crippen molar-refractivity contribution in [2.45, 2.75) is 373 Å². The third-order valence-electron chi connectivity index (χ3n) is 17.6. The zero-order valence-electron chi connectivity index (χ0n) is 52.9. The monoisotopic (exact) mass is 1110 g/mol. The van der Waals surface area contributed by atoms with Crippen molar-refractivity contribution in [3.63, 3.8) is 0 Å². The van der Waals surface area contributed by atoms with E-state index in [4.69, 9.17) is 9.97 Å². The molecule has 79 heavy (non-hydrogen) atoms. The van der Waals surface area contributed by atoms with Gasteiger partial charge in [-0.3, -0.25) is 14.6 Å². The molecule has 0 atom stereocenters. The number of rotatable bonds is 59. The normalized spacial score (nSPS) is 14.7. The van der Waals surface area contributed by atoms with Gasteiger partial charge in [-0.2, -0.15) is 0 Å². The number of anilines is 1. The smallest absolute Gasteiger partial charge is 0.223 e. The molecular formula is C72H129N4O2S+. The highest BCUT2D eigenvalue weighted by atomic mass is 32.1. The fourth-order valence-electron chi connectivity index (χ4n) is 12.2. The van der Waals surface area contributed by atoms with Crippen molar-refractivity contribution in [1.29, 1.82) is 0 Å². The highest BCUT2D eigenvalue weighted by Gasteiger charge is 2.52. The van der Waals surface area contributed by atoms with E-state index in [1.807, 2.05) is 18.5 Å². The van der Waals surface area contributed by atoms with Crippen LogP contribution in [0.2, 0.25) is 0 Å². The lowest BCUT2D eigenvalue weighted by atomic mass is 9.70. The lowest BCUT2D eigenvalue weighted by Gasteiger charge is -2.30. The second-order valence-electron chi connectivity index (χ2n) is 24.9. The molecule has 1 saturated carbocycles. The number of carbonyl (C=O) groups is 2. The molecule has 2 aromatic heterocycles. The fourth-order valence-corrected chi connectivity index (χ4v) is 13.3. The second-order valence-corrected chi connectivity index (χ2v) is 26.0. The highest BCUT2D eigenvalue weighted by Crippen LogP contribution is 2.43. The number of carbonyl (C=O) groups excluding carboxylic acids is 2. The molecule has 0 aromatic carbocycles. The van der Waals surface area contributed by atoms with Crippen molar-refractivity contribution in [2.75, 3.05) is 24.5 Å². The first kappa shape index (κ1) is 70.9. The van der Waals surface area contributed by atoms with Gasteiger partial charge in [-0.05, 0) is 31.7 Å². The van der Waals surface area contributed by atoms with E-state index in [-0.39, 0.29) is 11.6 Å². The van der Waals surface area contributed by atoms with Crippen LogP contribution in [0, 0.1) is 0 Å². The van der Waals surface area contributed by atoms with Crippen LogP contribution in [0.25, 0.3) is 0 Å². The average Bonchev–Trinajstić information content (AvgIpc) is 4.10. The number of thiazole rings is 1. The molecule has 0 bridgehead atoms. The van der Waals surface area contributed by atoms with Crippen LogP contribution in [0.1, 0.15) is 384 Å². The van der Waals surface area contributed by atoms with Crippen molar-refractivity contribution in [3.8, 4) is 0 Å². The topological polar surface area (TPSA) is 66.2 Å². The van der Waals surface area contributed by atoms with Gasteiger partial charge in [-0.25, -0.2) is 9.56 Å². The number of ketones is 2. The van der Waals surface area contributed by atoms with Gasteiger partial charge >= 0.3 is 0 Å². The summed E-state index contributed by atoms with van der Waals surface area (Å²) in [6, 6.07) is 4.08. The first-order chi connectivity index (χ1) is 39.0. The van der Waals surface area contributed by atoms with Gasteiger partial charge in [0.15, 0.2) is 11.6 Å². The van der Waals surface area contributed by atoms with Gasteiger partial charge in [0, 0.05) is 32.0 Å². The molecule has 0 saturated heterocycles. The number of pyridine rings is 1. The van der Waals surface area contributed by atoms with E-state index < -0.39 is 11.8 Å². The minimum atomic E-state index is -0.779. The zero-order chi connectivity index (χ0) is 56.3. The number of aromatic nitrogens is 2. The van der Waals surface area contributed by atoms with Crippen molar-refractivity contribution in [3.05, 3.63) is 35.2 Å². The van der Waals surface area contributed by atoms with E-state index in [0.29, 0.717) is 10.7 Å². The number of nitrogens with zero attached hydrogens (tertiary/aromatic N) is 4. The van der Waals surface area contributed by atoms with E-state index in [1.54, 1.807) is 11.3 Å². The maximum Gasteiger partial charge on any atom is 0.223 e. The first-order valence-electron chi connectivity index (χ1n) is 35.4. The number of hydrogen-bond acceptors (Lipinski definition) is 6. The molecule has 454 valence electrons. The van der Waals surface area contributed by atoms with Gasteiger partial charge in [0.1, 0.15) is 34.6 Å². The van der Waals surface area contributed by atoms with Gasteiger partial charge in [0.05, 0.1) is 18.1 Å². The van der Waals surface area contributed by atoms with E-state index in [2.05, 4.69) is 49.5 Å². The Morgan fingerprint density at radius 2 is 0.722 bits per heavy atom. The molecule has 1 aliphatic rings. The molecule has 2 heterocycles. The maximum absolute atomic E-state index is 14.0. The highest BCUT2D eigenvalue weighted by molar-refractivity contribution is 7.16. The summed E-state index contributed by atoms with van der Waals surface area (Å²) in [5, 5.41) is 1.80. The Kier molecular flexibility index (Phi) is 46.0. The van der Waals surface area contributed by atoms with E-state index in [0.717, 1.165) is 36.7 Å². The molecule has 6 nitrogen and oxygen atoms in total. The van der Waals surface area contributed by atoms with Crippen LogP contribution in [0.15, 0.2) is 24.5 Å². The van der Waals surface area contributed by atoms with Gasteiger partial charge < -0.3 is 4.90 Å². The van der Waals surface area contributed by atoms with Crippen LogP contribution in [0.4, 0.5) is 10.7 Å². The second kappa shape index (κ2) is 51.2. The molecule has 2 aromatic rings. The van der Waals surface area contributed by atoms with Crippen LogP contribution in [-0.4, -0.2) is 52.0 Å². The van der Waals surface area contributed by atoms with Crippen LogP contribution in [0.3, 0.4) is 0 Å². The summed E-state index contributed by atoms with van der Waals surface area (Å²) in [4.78, 5) is 40.1. The van der Waals surface area contributed by atoms with Crippen molar-refractivity contribution < 1.29 is 14.2 Å². The third-order valence-corrected chi connectivity index (χ3v) is 18.7. The minimum absolute atomic E-state index is 0.0344. The summed E-state index contributed by atoms with van der Waals surface area (Å²) >= 11 is 1.59. The Hall–Kier alpha value is -2.41. The minimum Gasteiger partial charge on any atom is -0.362 e.